The summed E-state index contributed by atoms with van der Waals surface area (Å²) in [5, 5.41) is 0. The molecule has 2 atom stereocenters. The van der Waals surface area contributed by atoms with Gasteiger partial charge < -0.3 is 13.8 Å². The topological polar surface area (TPSA) is 61.8 Å². The second-order valence-corrected chi connectivity index (χ2v) is 9.02. The third kappa shape index (κ3) is 8.98. The molecule has 1 rings (SSSR count). The molecular weight excluding hydrogens is 351 g/mol. The van der Waals surface area contributed by atoms with Gasteiger partial charge in [0, 0.05) is 6.66 Å². The van der Waals surface area contributed by atoms with E-state index in [1.807, 2.05) is 19.1 Å². The molecule has 26 heavy (non-hydrogen) atoms. The number of rotatable bonds is 12. The van der Waals surface area contributed by atoms with Gasteiger partial charge in [-0.05, 0) is 50.2 Å². The highest BCUT2D eigenvalue weighted by molar-refractivity contribution is 7.52. The SMILES string of the molecule is CCOP(C)(=O)OCCCCOC(=O)C(C)c1ccc(CC(C)C)cc1. The molecule has 0 aliphatic heterocycles. The van der Waals surface area contributed by atoms with Crippen LogP contribution in [0.4, 0.5) is 0 Å². The molecule has 0 aliphatic carbocycles. The lowest BCUT2D eigenvalue weighted by molar-refractivity contribution is -0.145. The first-order chi connectivity index (χ1) is 12.2. The summed E-state index contributed by atoms with van der Waals surface area (Å²) >= 11 is 0. The Morgan fingerprint density at radius 3 is 2.23 bits per heavy atom. The molecule has 0 aliphatic rings. The van der Waals surface area contributed by atoms with Gasteiger partial charge in [0.15, 0.2) is 0 Å². The minimum atomic E-state index is -2.94. The Hall–Kier alpha value is -1.16. The van der Waals surface area contributed by atoms with Crippen molar-refractivity contribution in [1.29, 1.82) is 0 Å². The minimum Gasteiger partial charge on any atom is -0.465 e. The molecule has 0 saturated carbocycles. The first-order valence-electron chi connectivity index (χ1n) is 9.37. The van der Waals surface area contributed by atoms with Crippen molar-refractivity contribution in [2.75, 3.05) is 26.5 Å². The Balaban J connectivity index is 2.29. The number of carbonyl (C=O) groups excluding carboxylic acids is 1. The van der Waals surface area contributed by atoms with Crippen molar-refractivity contribution in [1.82, 2.24) is 0 Å². The van der Waals surface area contributed by atoms with Crippen molar-refractivity contribution >= 4 is 13.6 Å². The van der Waals surface area contributed by atoms with Gasteiger partial charge in [0.2, 0.25) is 0 Å². The summed E-state index contributed by atoms with van der Waals surface area (Å²) in [5.74, 6) is 0.105. The molecule has 0 amide bonds. The lowest BCUT2D eigenvalue weighted by Gasteiger charge is -2.14. The number of carbonyl (C=O) groups is 1. The molecule has 0 spiro atoms. The maximum Gasteiger partial charge on any atom is 0.327 e. The number of esters is 1. The zero-order valence-corrected chi connectivity index (χ0v) is 17.6. The first kappa shape index (κ1) is 22.9. The highest BCUT2D eigenvalue weighted by atomic mass is 31.2. The van der Waals surface area contributed by atoms with Crippen molar-refractivity contribution in [2.45, 2.75) is 52.9 Å². The van der Waals surface area contributed by atoms with Crippen LogP contribution < -0.4 is 0 Å². The molecule has 0 aromatic heterocycles. The van der Waals surface area contributed by atoms with E-state index in [0.29, 0.717) is 38.6 Å². The molecule has 1 aromatic carbocycles. The highest BCUT2D eigenvalue weighted by Gasteiger charge is 2.17. The largest absolute Gasteiger partial charge is 0.465 e. The van der Waals surface area contributed by atoms with Crippen LogP contribution >= 0.6 is 7.60 Å². The third-order valence-electron chi connectivity index (χ3n) is 3.95. The van der Waals surface area contributed by atoms with Gasteiger partial charge in [0.05, 0.1) is 25.7 Å². The van der Waals surface area contributed by atoms with Crippen LogP contribution in [0.2, 0.25) is 0 Å². The smallest absolute Gasteiger partial charge is 0.327 e. The molecule has 0 radical (unpaired) electrons. The van der Waals surface area contributed by atoms with Crippen LogP contribution in [0.5, 0.6) is 0 Å². The Morgan fingerprint density at radius 2 is 1.65 bits per heavy atom. The molecule has 0 heterocycles. The Kier molecular flexibility index (Phi) is 10.1. The summed E-state index contributed by atoms with van der Waals surface area (Å²) in [5.41, 5.74) is 2.25. The van der Waals surface area contributed by atoms with Gasteiger partial charge in [0.25, 0.3) is 0 Å². The summed E-state index contributed by atoms with van der Waals surface area (Å²) in [4.78, 5) is 12.2. The zero-order valence-electron chi connectivity index (χ0n) is 16.7. The van der Waals surface area contributed by atoms with Crippen LogP contribution in [-0.2, 0) is 29.6 Å². The monoisotopic (exact) mass is 384 g/mol. The lowest BCUT2D eigenvalue weighted by atomic mass is 9.97. The van der Waals surface area contributed by atoms with Gasteiger partial charge in [-0.15, -0.1) is 0 Å². The summed E-state index contributed by atoms with van der Waals surface area (Å²) < 4.78 is 27.3. The highest BCUT2D eigenvalue weighted by Crippen LogP contribution is 2.43. The van der Waals surface area contributed by atoms with Crippen LogP contribution in [0.1, 0.15) is 57.6 Å². The van der Waals surface area contributed by atoms with Gasteiger partial charge in [-0.3, -0.25) is 9.36 Å². The average Bonchev–Trinajstić information content (AvgIpc) is 2.57. The fourth-order valence-corrected chi connectivity index (χ4v) is 3.56. The number of ether oxygens (including phenoxy) is 1. The molecular formula is C20H33O5P. The quantitative estimate of drug-likeness (QED) is 0.282. The van der Waals surface area contributed by atoms with E-state index in [0.717, 1.165) is 12.0 Å². The van der Waals surface area contributed by atoms with Crippen molar-refractivity contribution in [3.8, 4) is 0 Å². The molecule has 0 bridgehead atoms. The van der Waals surface area contributed by atoms with E-state index >= 15 is 0 Å². The van der Waals surface area contributed by atoms with E-state index < -0.39 is 7.60 Å². The second-order valence-electron chi connectivity index (χ2n) is 6.96. The van der Waals surface area contributed by atoms with Crippen molar-refractivity contribution in [3.05, 3.63) is 35.4 Å². The molecule has 6 heteroatoms. The van der Waals surface area contributed by atoms with Crippen LogP contribution in [0.25, 0.3) is 0 Å². The lowest BCUT2D eigenvalue weighted by Crippen LogP contribution is -2.14. The molecule has 0 saturated heterocycles. The molecule has 2 unspecified atom stereocenters. The van der Waals surface area contributed by atoms with E-state index in [2.05, 4.69) is 26.0 Å². The van der Waals surface area contributed by atoms with Crippen molar-refractivity contribution < 1.29 is 23.1 Å². The van der Waals surface area contributed by atoms with E-state index in [4.69, 9.17) is 13.8 Å². The van der Waals surface area contributed by atoms with Gasteiger partial charge in [-0.25, -0.2) is 0 Å². The predicted molar refractivity (Wildman–Crippen MR) is 105 cm³/mol. The molecule has 5 nitrogen and oxygen atoms in total. The minimum absolute atomic E-state index is 0.224. The van der Waals surface area contributed by atoms with Gasteiger partial charge in [-0.1, -0.05) is 38.1 Å². The van der Waals surface area contributed by atoms with Crippen LogP contribution in [-0.4, -0.2) is 32.5 Å². The van der Waals surface area contributed by atoms with Gasteiger partial charge in [0.1, 0.15) is 0 Å². The fraction of sp³-hybridized carbons (Fsp3) is 0.650. The summed E-state index contributed by atoms with van der Waals surface area (Å²) in [7, 11) is -2.94. The number of hydrogen-bond donors (Lipinski definition) is 0. The number of hydrogen-bond acceptors (Lipinski definition) is 5. The Bertz CT molecular complexity index is 582. The number of unbranched alkanes of at least 4 members (excludes halogenated alkanes) is 1. The third-order valence-corrected chi connectivity index (χ3v) is 5.33. The standard InChI is InChI=1S/C20H33O5P/c1-6-24-26(5,22)25-14-8-7-13-23-20(21)17(4)19-11-9-18(10-12-19)15-16(2)3/h9-12,16-17H,6-8,13-15H2,1-5H3. The van der Waals surface area contributed by atoms with Crippen molar-refractivity contribution in [3.63, 3.8) is 0 Å². The van der Waals surface area contributed by atoms with E-state index in [1.165, 1.54) is 12.2 Å². The Labute approximate surface area is 158 Å². The van der Waals surface area contributed by atoms with Crippen LogP contribution in [0.15, 0.2) is 24.3 Å². The van der Waals surface area contributed by atoms with E-state index in [1.54, 1.807) is 6.92 Å². The van der Waals surface area contributed by atoms with Gasteiger partial charge in [-0.2, -0.15) is 0 Å². The normalized spacial score (nSPS) is 14.8. The first-order valence-corrected chi connectivity index (χ1v) is 11.4. The average molecular weight is 384 g/mol. The summed E-state index contributed by atoms with van der Waals surface area (Å²) in [6, 6.07) is 8.17. The molecule has 1 aromatic rings. The summed E-state index contributed by atoms with van der Waals surface area (Å²) in [6.45, 7) is 10.5. The summed E-state index contributed by atoms with van der Waals surface area (Å²) in [6.07, 6.45) is 2.36. The molecule has 0 fully saturated rings. The predicted octanol–water partition coefficient (Wildman–Crippen LogP) is 5.19. The maximum atomic E-state index is 12.2. The molecule has 148 valence electrons. The fourth-order valence-electron chi connectivity index (χ4n) is 2.55. The van der Waals surface area contributed by atoms with Crippen LogP contribution in [0.3, 0.4) is 0 Å². The molecule has 0 N–H and O–H groups in total. The van der Waals surface area contributed by atoms with Crippen LogP contribution in [0, 0.1) is 5.92 Å². The van der Waals surface area contributed by atoms with Crippen molar-refractivity contribution in [2.24, 2.45) is 5.92 Å². The van der Waals surface area contributed by atoms with E-state index in [-0.39, 0.29) is 11.9 Å². The number of benzene rings is 1. The second kappa shape index (κ2) is 11.5. The maximum absolute atomic E-state index is 12.2. The van der Waals surface area contributed by atoms with E-state index in [9.17, 15) is 9.36 Å². The zero-order chi connectivity index (χ0) is 19.6. The Morgan fingerprint density at radius 1 is 1.04 bits per heavy atom. The van der Waals surface area contributed by atoms with Gasteiger partial charge >= 0.3 is 13.6 Å².